The van der Waals surface area contributed by atoms with E-state index < -0.39 is 10.0 Å². The van der Waals surface area contributed by atoms with Crippen LogP contribution in [0.4, 0.5) is 11.4 Å². The minimum Gasteiger partial charge on any atom is -0.343 e. The number of hydrogen-bond donors (Lipinski definition) is 0. The molecule has 144 valence electrons. The molecule has 0 saturated heterocycles. The molecular formula is C23H19N3O2S. The monoisotopic (exact) mass is 401 g/mol. The van der Waals surface area contributed by atoms with E-state index in [1.54, 1.807) is 48.7 Å². The molecule has 1 heterocycles. The SMILES string of the molecule is Cc1ccc(S(=O)(=O)n2cc(N(C)c3ccccc3)c3cc(C#N)ccc32)cc1. The van der Waals surface area contributed by atoms with E-state index in [1.807, 2.05) is 49.2 Å². The van der Waals surface area contributed by atoms with Gasteiger partial charge >= 0.3 is 0 Å². The minimum atomic E-state index is -3.79. The highest BCUT2D eigenvalue weighted by Gasteiger charge is 2.23. The van der Waals surface area contributed by atoms with E-state index >= 15 is 0 Å². The number of rotatable bonds is 4. The average Bonchev–Trinajstić information content (AvgIpc) is 3.13. The number of anilines is 2. The zero-order valence-corrected chi connectivity index (χ0v) is 16.9. The lowest BCUT2D eigenvalue weighted by Gasteiger charge is -2.18. The molecule has 0 atom stereocenters. The van der Waals surface area contributed by atoms with Crippen LogP contribution in [0.3, 0.4) is 0 Å². The van der Waals surface area contributed by atoms with Crippen molar-refractivity contribution in [2.45, 2.75) is 11.8 Å². The molecule has 0 saturated carbocycles. The number of fused-ring (bicyclic) bond motifs is 1. The summed E-state index contributed by atoms with van der Waals surface area (Å²) in [6.45, 7) is 1.91. The normalized spacial score (nSPS) is 11.3. The van der Waals surface area contributed by atoms with Gasteiger partial charge in [-0.05, 0) is 49.4 Å². The van der Waals surface area contributed by atoms with Gasteiger partial charge in [-0.1, -0.05) is 35.9 Å². The highest BCUT2D eigenvalue weighted by molar-refractivity contribution is 7.90. The van der Waals surface area contributed by atoms with Crippen LogP contribution in [0.15, 0.2) is 83.9 Å². The number of aryl methyl sites for hydroxylation is 1. The number of nitrogens with zero attached hydrogens (tertiary/aromatic N) is 3. The molecule has 0 unspecified atom stereocenters. The Morgan fingerprint density at radius 1 is 0.966 bits per heavy atom. The van der Waals surface area contributed by atoms with Crippen LogP contribution in [-0.2, 0) is 10.0 Å². The maximum absolute atomic E-state index is 13.4. The molecular weight excluding hydrogens is 382 g/mol. The molecule has 0 radical (unpaired) electrons. The van der Waals surface area contributed by atoms with Crippen LogP contribution >= 0.6 is 0 Å². The standard InChI is InChI=1S/C23H19N3O2S/c1-17-8-11-20(12-9-17)29(27,28)26-16-23(25(2)19-6-4-3-5-7-19)21-14-18(15-24)10-13-22(21)26/h3-14,16H,1-2H3. The molecule has 0 spiro atoms. The molecule has 0 amide bonds. The van der Waals surface area contributed by atoms with Crippen molar-refractivity contribution in [3.05, 3.63) is 90.1 Å². The number of aromatic nitrogens is 1. The third kappa shape index (κ3) is 3.26. The highest BCUT2D eigenvalue weighted by Crippen LogP contribution is 2.35. The molecule has 4 aromatic rings. The number of para-hydroxylation sites is 1. The molecule has 6 heteroatoms. The Morgan fingerprint density at radius 3 is 2.31 bits per heavy atom. The van der Waals surface area contributed by atoms with Crippen LogP contribution in [-0.4, -0.2) is 19.4 Å². The van der Waals surface area contributed by atoms with Crippen molar-refractivity contribution in [1.29, 1.82) is 5.26 Å². The molecule has 4 rings (SSSR count). The Bertz CT molecular complexity index is 1330. The first-order valence-electron chi connectivity index (χ1n) is 9.08. The molecule has 0 aliphatic heterocycles. The van der Waals surface area contributed by atoms with Gasteiger partial charge < -0.3 is 4.90 Å². The molecule has 0 N–H and O–H groups in total. The Kier molecular flexibility index (Phi) is 4.61. The molecule has 0 bridgehead atoms. The van der Waals surface area contributed by atoms with E-state index in [2.05, 4.69) is 6.07 Å². The summed E-state index contributed by atoms with van der Waals surface area (Å²) in [7, 11) is -1.91. The van der Waals surface area contributed by atoms with Crippen LogP contribution in [0, 0.1) is 18.3 Å². The lowest BCUT2D eigenvalue weighted by atomic mass is 10.1. The summed E-state index contributed by atoms with van der Waals surface area (Å²) in [5.74, 6) is 0. The highest BCUT2D eigenvalue weighted by atomic mass is 32.2. The Hall–Kier alpha value is -3.56. The van der Waals surface area contributed by atoms with Crippen molar-refractivity contribution in [3.8, 4) is 6.07 Å². The smallest absolute Gasteiger partial charge is 0.268 e. The summed E-state index contributed by atoms with van der Waals surface area (Å²) in [5.41, 5.74) is 3.62. The topological polar surface area (TPSA) is 66.1 Å². The molecule has 0 aliphatic carbocycles. The maximum atomic E-state index is 13.4. The lowest BCUT2D eigenvalue weighted by Crippen LogP contribution is -2.12. The average molecular weight is 401 g/mol. The van der Waals surface area contributed by atoms with Crippen molar-refractivity contribution in [2.75, 3.05) is 11.9 Å². The molecule has 29 heavy (non-hydrogen) atoms. The summed E-state index contributed by atoms with van der Waals surface area (Å²) in [6, 6.07) is 23.6. The van der Waals surface area contributed by atoms with E-state index in [-0.39, 0.29) is 4.90 Å². The first kappa shape index (κ1) is 18.8. The fourth-order valence-corrected chi connectivity index (χ4v) is 4.70. The minimum absolute atomic E-state index is 0.221. The van der Waals surface area contributed by atoms with Gasteiger partial charge in [0.2, 0.25) is 0 Å². The van der Waals surface area contributed by atoms with Gasteiger partial charge in [0.1, 0.15) is 0 Å². The van der Waals surface area contributed by atoms with Crippen molar-refractivity contribution < 1.29 is 8.42 Å². The van der Waals surface area contributed by atoms with Crippen molar-refractivity contribution in [2.24, 2.45) is 0 Å². The maximum Gasteiger partial charge on any atom is 0.268 e. The fourth-order valence-electron chi connectivity index (χ4n) is 3.33. The lowest BCUT2D eigenvalue weighted by molar-refractivity contribution is 0.589. The van der Waals surface area contributed by atoms with Gasteiger partial charge in [-0.3, -0.25) is 0 Å². The van der Waals surface area contributed by atoms with Crippen LogP contribution in [0.5, 0.6) is 0 Å². The van der Waals surface area contributed by atoms with Crippen LogP contribution in [0.1, 0.15) is 11.1 Å². The van der Waals surface area contributed by atoms with Gasteiger partial charge in [-0.25, -0.2) is 12.4 Å². The summed E-state index contributed by atoms with van der Waals surface area (Å²) < 4.78 is 28.0. The molecule has 3 aromatic carbocycles. The van der Waals surface area contributed by atoms with Gasteiger partial charge in [0.05, 0.1) is 27.7 Å². The summed E-state index contributed by atoms with van der Waals surface area (Å²) in [5, 5.41) is 10.0. The molecule has 0 aliphatic rings. The third-order valence-corrected chi connectivity index (χ3v) is 6.65. The summed E-state index contributed by atoms with van der Waals surface area (Å²) >= 11 is 0. The van der Waals surface area contributed by atoms with Crippen LogP contribution in [0.25, 0.3) is 10.9 Å². The zero-order chi connectivity index (χ0) is 20.6. The predicted molar refractivity (Wildman–Crippen MR) is 115 cm³/mol. The van der Waals surface area contributed by atoms with Crippen molar-refractivity contribution in [1.82, 2.24) is 3.97 Å². The Balaban J connectivity index is 1.96. The zero-order valence-electron chi connectivity index (χ0n) is 16.1. The molecule has 0 fully saturated rings. The Morgan fingerprint density at radius 2 is 1.66 bits per heavy atom. The fraction of sp³-hybridized carbons (Fsp3) is 0.0870. The number of benzene rings is 3. The largest absolute Gasteiger partial charge is 0.343 e. The predicted octanol–water partition coefficient (Wildman–Crippen LogP) is 4.83. The quantitative estimate of drug-likeness (QED) is 0.491. The first-order chi connectivity index (χ1) is 13.9. The third-order valence-electron chi connectivity index (χ3n) is 4.96. The van der Waals surface area contributed by atoms with E-state index in [0.29, 0.717) is 22.2 Å². The van der Waals surface area contributed by atoms with E-state index in [1.165, 1.54) is 3.97 Å². The molecule has 1 aromatic heterocycles. The van der Waals surface area contributed by atoms with Gasteiger partial charge in [0.15, 0.2) is 0 Å². The van der Waals surface area contributed by atoms with Gasteiger partial charge in [-0.15, -0.1) is 0 Å². The van der Waals surface area contributed by atoms with E-state index in [0.717, 1.165) is 11.3 Å². The van der Waals surface area contributed by atoms with E-state index in [4.69, 9.17) is 0 Å². The summed E-state index contributed by atoms with van der Waals surface area (Å²) in [4.78, 5) is 2.14. The number of nitriles is 1. The van der Waals surface area contributed by atoms with Crippen LogP contribution in [0.2, 0.25) is 0 Å². The van der Waals surface area contributed by atoms with Gasteiger partial charge in [-0.2, -0.15) is 5.26 Å². The summed E-state index contributed by atoms with van der Waals surface area (Å²) in [6.07, 6.45) is 1.62. The second kappa shape index (κ2) is 7.12. The first-order valence-corrected chi connectivity index (χ1v) is 10.5. The van der Waals surface area contributed by atoms with Crippen LogP contribution < -0.4 is 4.90 Å². The van der Waals surface area contributed by atoms with Gasteiger partial charge in [0, 0.05) is 24.3 Å². The number of hydrogen-bond acceptors (Lipinski definition) is 4. The van der Waals surface area contributed by atoms with E-state index in [9.17, 15) is 13.7 Å². The van der Waals surface area contributed by atoms with Crippen molar-refractivity contribution >= 4 is 32.3 Å². The second-order valence-electron chi connectivity index (χ2n) is 6.87. The second-order valence-corrected chi connectivity index (χ2v) is 8.68. The van der Waals surface area contributed by atoms with Crippen molar-refractivity contribution in [3.63, 3.8) is 0 Å². The van der Waals surface area contributed by atoms with Gasteiger partial charge in [0.25, 0.3) is 10.0 Å². The Labute approximate surface area is 170 Å². The molecule has 5 nitrogen and oxygen atoms in total.